The Morgan fingerprint density at radius 2 is 1.77 bits per heavy atom. The molecular formula is C8H18N2O2S. The van der Waals surface area contributed by atoms with Crippen LogP contribution in [0.25, 0.3) is 0 Å². The molecule has 1 fully saturated rings. The van der Waals surface area contributed by atoms with Gasteiger partial charge in [0.1, 0.15) is 0 Å². The zero-order valence-electron chi connectivity index (χ0n) is 8.49. The highest BCUT2D eigenvalue weighted by atomic mass is 32.2. The average Bonchev–Trinajstić information content (AvgIpc) is 2.17. The van der Waals surface area contributed by atoms with E-state index >= 15 is 0 Å². The van der Waals surface area contributed by atoms with Crippen molar-refractivity contribution in [2.24, 2.45) is 0 Å². The van der Waals surface area contributed by atoms with Gasteiger partial charge < -0.3 is 9.64 Å². The van der Waals surface area contributed by atoms with E-state index in [4.69, 9.17) is 0 Å². The molecule has 1 aliphatic rings. The molecule has 0 aromatic heterocycles. The minimum Gasteiger partial charge on any atom is -0.453 e. The lowest BCUT2D eigenvalue weighted by molar-refractivity contribution is 0.109. The van der Waals surface area contributed by atoms with Gasteiger partial charge >= 0.3 is 6.09 Å². The number of rotatable bonds is 1. The van der Waals surface area contributed by atoms with E-state index < -0.39 is 0 Å². The highest BCUT2D eigenvalue weighted by molar-refractivity contribution is 8.13. The third-order valence-corrected chi connectivity index (χ3v) is 3.79. The molecule has 1 heterocycles. The smallest absolute Gasteiger partial charge is 0.409 e. The third-order valence-electron chi connectivity index (χ3n) is 2.25. The quantitative estimate of drug-likeness (QED) is 0.636. The van der Waals surface area contributed by atoms with Crippen molar-refractivity contribution in [1.29, 1.82) is 0 Å². The van der Waals surface area contributed by atoms with Crippen LogP contribution in [0.1, 0.15) is 0 Å². The second-order valence-corrected chi connectivity index (χ2v) is 5.52. The number of nitrogens with zero attached hydrogens (tertiary/aromatic N) is 2. The summed E-state index contributed by atoms with van der Waals surface area (Å²) in [7, 11) is 1.43. The van der Waals surface area contributed by atoms with Crippen molar-refractivity contribution in [3.05, 3.63) is 0 Å². The molecule has 78 valence electrons. The predicted molar refractivity (Wildman–Crippen MR) is 56.4 cm³/mol. The van der Waals surface area contributed by atoms with Crippen LogP contribution in [0.2, 0.25) is 0 Å². The van der Waals surface area contributed by atoms with Gasteiger partial charge in [0.05, 0.1) is 7.11 Å². The van der Waals surface area contributed by atoms with Crippen LogP contribution >= 0.6 is 11.1 Å². The highest BCUT2D eigenvalue weighted by Gasteiger charge is 2.21. The number of methoxy groups -OCH3 is 1. The second kappa shape index (κ2) is 4.72. The fraction of sp³-hybridized carbons (Fsp3) is 0.875. The van der Waals surface area contributed by atoms with Gasteiger partial charge in [0.2, 0.25) is 0 Å². The lowest BCUT2D eigenvalue weighted by Gasteiger charge is -2.37. The summed E-state index contributed by atoms with van der Waals surface area (Å²) in [4.78, 5) is 12.9. The van der Waals surface area contributed by atoms with Crippen molar-refractivity contribution >= 4 is 17.2 Å². The molecule has 0 aromatic carbocycles. The Hall–Kier alpha value is -0.420. The van der Waals surface area contributed by atoms with Gasteiger partial charge in [-0.3, -0.25) is 4.31 Å². The molecule has 0 atom stereocenters. The van der Waals surface area contributed by atoms with Gasteiger partial charge in [0.25, 0.3) is 0 Å². The molecule has 0 aliphatic carbocycles. The van der Waals surface area contributed by atoms with Crippen molar-refractivity contribution in [2.75, 3.05) is 45.8 Å². The summed E-state index contributed by atoms with van der Waals surface area (Å²) in [6.07, 6.45) is 4.28. The maximum absolute atomic E-state index is 11.1. The summed E-state index contributed by atoms with van der Waals surface area (Å²) in [6.45, 7) is 3.56. The summed E-state index contributed by atoms with van der Waals surface area (Å²) >= 11 is -0.00667. The molecule has 0 saturated carbocycles. The lowest BCUT2D eigenvalue weighted by atomic mass is 10.4. The first-order chi connectivity index (χ1) is 6.15. The number of ether oxygens (including phenoxy) is 1. The molecule has 0 unspecified atom stereocenters. The number of carbonyl (C=O) groups excluding carboxylic acids is 1. The van der Waals surface area contributed by atoms with E-state index in [9.17, 15) is 4.79 Å². The maximum atomic E-state index is 11.1. The Morgan fingerprint density at radius 3 is 2.15 bits per heavy atom. The van der Waals surface area contributed by atoms with E-state index in [0.717, 1.165) is 26.2 Å². The summed E-state index contributed by atoms with van der Waals surface area (Å²) in [6, 6.07) is 0. The predicted octanol–water partition coefficient (Wildman–Crippen LogP) is 0.546. The monoisotopic (exact) mass is 206 g/mol. The van der Waals surface area contributed by atoms with Gasteiger partial charge in [-0.1, -0.05) is 0 Å². The number of carbonyl (C=O) groups is 1. The summed E-state index contributed by atoms with van der Waals surface area (Å²) in [5.74, 6) is 0. The maximum Gasteiger partial charge on any atom is 0.409 e. The van der Waals surface area contributed by atoms with Crippen molar-refractivity contribution in [2.45, 2.75) is 0 Å². The largest absolute Gasteiger partial charge is 0.453 e. The van der Waals surface area contributed by atoms with Crippen LogP contribution in [0.3, 0.4) is 0 Å². The van der Waals surface area contributed by atoms with Gasteiger partial charge in [-0.2, -0.15) is 0 Å². The van der Waals surface area contributed by atoms with Crippen LogP contribution in [0.5, 0.6) is 0 Å². The normalized spacial score (nSPS) is 19.9. The fourth-order valence-corrected chi connectivity index (χ4v) is 2.39. The molecule has 0 N–H and O–H groups in total. The minimum atomic E-state index is -0.198. The van der Waals surface area contributed by atoms with Gasteiger partial charge in [0, 0.05) is 26.2 Å². The summed E-state index contributed by atoms with van der Waals surface area (Å²) < 4.78 is 7.08. The van der Waals surface area contributed by atoms with E-state index in [1.54, 1.807) is 4.90 Å². The minimum absolute atomic E-state index is 0.00667. The van der Waals surface area contributed by atoms with Crippen molar-refractivity contribution in [3.8, 4) is 0 Å². The molecule has 0 radical (unpaired) electrons. The van der Waals surface area contributed by atoms with Gasteiger partial charge in [-0.05, 0) is 12.5 Å². The molecule has 0 spiro atoms. The zero-order chi connectivity index (χ0) is 9.84. The Bertz CT molecular complexity index is 179. The van der Waals surface area contributed by atoms with Crippen molar-refractivity contribution in [3.63, 3.8) is 0 Å². The van der Waals surface area contributed by atoms with E-state index in [0.29, 0.717) is 0 Å². The van der Waals surface area contributed by atoms with Gasteiger partial charge in [-0.15, -0.1) is 0 Å². The first-order valence-corrected chi connectivity index (χ1v) is 6.59. The molecule has 13 heavy (non-hydrogen) atoms. The van der Waals surface area contributed by atoms with E-state index in [1.807, 2.05) is 0 Å². The molecule has 4 nitrogen and oxygen atoms in total. The number of hydrogen-bond donors (Lipinski definition) is 1. The van der Waals surface area contributed by atoms with E-state index in [1.165, 1.54) is 7.11 Å². The van der Waals surface area contributed by atoms with Gasteiger partial charge in [0.15, 0.2) is 0 Å². The average molecular weight is 206 g/mol. The number of thiol groups is 1. The fourth-order valence-electron chi connectivity index (χ4n) is 1.41. The number of hydrogen-bond acceptors (Lipinski definition) is 3. The Balaban J connectivity index is 2.34. The van der Waals surface area contributed by atoms with Crippen LogP contribution < -0.4 is 0 Å². The van der Waals surface area contributed by atoms with Gasteiger partial charge in [-0.25, -0.2) is 15.9 Å². The number of amides is 1. The molecule has 0 aromatic rings. The Labute approximate surface area is 82.3 Å². The zero-order valence-corrected chi connectivity index (χ0v) is 9.38. The summed E-state index contributed by atoms with van der Waals surface area (Å²) in [5, 5.41) is 0. The van der Waals surface area contributed by atoms with Crippen LogP contribution in [0, 0.1) is 0 Å². The third kappa shape index (κ3) is 2.77. The van der Waals surface area contributed by atoms with Crippen molar-refractivity contribution < 1.29 is 9.53 Å². The SMILES string of the molecule is COC(=O)N1CCN([SH](C)C)CC1. The molecule has 0 bridgehead atoms. The summed E-state index contributed by atoms with van der Waals surface area (Å²) in [5.41, 5.74) is 0. The van der Waals surface area contributed by atoms with Crippen LogP contribution in [0.15, 0.2) is 0 Å². The number of piperazine rings is 1. The first-order valence-electron chi connectivity index (χ1n) is 4.40. The highest BCUT2D eigenvalue weighted by Crippen LogP contribution is 2.22. The molecule has 1 amide bonds. The van der Waals surface area contributed by atoms with Crippen molar-refractivity contribution in [1.82, 2.24) is 9.21 Å². The topological polar surface area (TPSA) is 32.8 Å². The Kier molecular flexibility index (Phi) is 3.87. The van der Waals surface area contributed by atoms with Crippen LogP contribution in [0.4, 0.5) is 4.79 Å². The molecule has 1 rings (SSSR count). The lowest BCUT2D eigenvalue weighted by Crippen LogP contribution is -2.47. The molecule has 5 heteroatoms. The molecular weight excluding hydrogens is 188 g/mol. The first kappa shape index (κ1) is 10.7. The molecule has 1 aliphatic heterocycles. The van der Waals surface area contributed by atoms with Crippen LogP contribution in [-0.4, -0.2) is 61.1 Å². The van der Waals surface area contributed by atoms with Crippen LogP contribution in [-0.2, 0) is 4.74 Å². The molecule has 1 saturated heterocycles. The second-order valence-electron chi connectivity index (χ2n) is 3.26. The van der Waals surface area contributed by atoms with E-state index in [2.05, 4.69) is 21.6 Å². The standard InChI is InChI=1S/C8H18N2O2S/c1-12-8(11)9-4-6-10(7-5-9)13(2)3/h13H,4-7H2,1-3H3. The van der Waals surface area contributed by atoms with E-state index in [-0.39, 0.29) is 17.2 Å². The Morgan fingerprint density at radius 1 is 1.23 bits per heavy atom.